The standard InChI is InChI=1S/C15H13ClFNO3/c1-21-11-4-2-3-10(8-11)18-14(15(19)20)12-6-5-9(16)7-13(12)17/h2-8,14,18H,1H3,(H,19,20). The number of nitrogens with one attached hydrogen (secondary N) is 1. The minimum Gasteiger partial charge on any atom is -0.497 e. The maximum absolute atomic E-state index is 13.9. The van der Waals surface area contributed by atoms with Crippen LogP contribution in [0.25, 0.3) is 0 Å². The summed E-state index contributed by atoms with van der Waals surface area (Å²) in [6, 6.07) is 9.39. The van der Waals surface area contributed by atoms with E-state index in [-0.39, 0.29) is 10.6 Å². The van der Waals surface area contributed by atoms with Crippen molar-refractivity contribution in [2.45, 2.75) is 6.04 Å². The van der Waals surface area contributed by atoms with Gasteiger partial charge in [-0.3, -0.25) is 0 Å². The van der Waals surface area contributed by atoms with Crippen molar-refractivity contribution in [1.82, 2.24) is 0 Å². The van der Waals surface area contributed by atoms with E-state index < -0.39 is 17.8 Å². The molecule has 1 unspecified atom stereocenters. The molecule has 0 aliphatic rings. The maximum Gasteiger partial charge on any atom is 0.330 e. The summed E-state index contributed by atoms with van der Waals surface area (Å²) in [5.74, 6) is -1.30. The number of aliphatic carboxylic acids is 1. The molecule has 0 spiro atoms. The molecule has 110 valence electrons. The Balaban J connectivity index is 2.33. The smallest absolute Gasteiger partial charge is 0.330 e. The summed E-state index contributed by atoms with van der Waals surface area (Å²) in [6.45, 7) is 0. The third-order valence-corrected chi connectivity index (χ3v) is 3.14. The second kappa shape index (κ2) is 6.45. The molecule has 1 atom stereocenters. The average molecular weight is 310 g/mol. The molecule has 21 heavy (non-hydrogen) atoms. The minimum atomic E-state index is -1.23. The number of halogens is 2. The molecule has 2 N–H and O–H groups in total. The van der Waals surface area contributed by atoms with Crippen molar-refractivity contribution in [3.05, 3.63) is 58.9 Å². The molecule has 0 amide bonds. The molecular weight excluding hydrogens is 297 g/mol. The molecule has 0 radical (unpaired) electrons. The number of anilines is 1. The van der Waals surface area contributed by atoms with Crippen LogP contribution in [0, 0.1) is 5.82 Å². The number of benzene rings is 2. The molecule has 2 rings (SSSR count). The van der Waals surface area contributed by atoms with Crippen LogP contribution in [0.2, 0.25) is 5.02 Å². The van der Waals surface area contributed by atoms with Crippen LogP contribution < -0.4 is 10.1 Å². The topological polar surface area (TPSA) is 58.6 Å². The van der Waals surface area contributed by atoms with Gasteiger partial charge in [0.2, 0.25) is 0 Å². The van der Waals surface area contributed by atoms with Crippen LogP contribution in [0.4, 0.5) is 10.1 Å². The highest BCUT2D eigenvalue weighted by Crippen LogP contribution is 2.26. The Hall–Kier alpha value is -2.27. The summed E-state index contributed by atoms with van der Waals surface area (Å²) in [4.78, 5) is 11.4. The number of hydrogen-bond donors (Lipinski definition) is 2. The van der Waals surface area contributed by atoms with Gasteiger partial charge in [-0.1, -0.05) is 23.7 Å². The normalized spacial score (nSPS) is 11.8. The van der Waals surface area contributed by atoms with E-state index in [1.807, 2.05) is 0 Å². The summed E-state index contributed by atoms with van der Waals surface area (Å²) in [7, 11) is 1.51. The molecule has 2 aromatic rings. The summed E-state index contributed by atoms with van der Waals surface area (Å²) < 4.78 is 19.0. The highest BCUT2D eigenvalue weighted by Gasteiger charge is 2.23. The highest BCUT2D eigenvalue weighted by atomic mass is 35.5. The zero-order valence-corrected chi connectivity index (χ0v) is 11.9. The molecule has 6 heteroatoms. The van der Waals surface area contributed by atoms with Gasteiger partial charge >= 0.3 is 5.97 Å². The first-order valence-electron chi connectivity index (χ1n) is 6.09. The lowest BCUT2D eigenvalue weighted by Crippen LogP contribution is -2.21. The van der Waals surface area contributed by atoms with Gasteiger partial charge in [-0.15, -0.1) is 0 Å². The Morgan fingerprint density at radius 1 is 1.33 bits per heavy atom. The van der Waals surface area contributed by atoms with Crippen LogP contribution in [0.3, 0.4) is 0 Å². The monoisotopic (exact) mass is 309 g/mol. The second-order valence-corrected chi connectivity index (χ2v) is 4.75. The van der Waals surface area contributed by atoms with E-state index in [9.17, 15) is 14.3 Å². The van der Waals surface area contributed by atoms with Crippen molar-refractivity contribution in [2.24, 2.45) is 0 Å². The van der Waals surface area contributed by atoms with E-state index in [0.717, 1.165) is 6.07 Å². The van der Waals surface area contributed by atoms with Crippen molar-refractivity contribution in [2.75, 3.05) is 12.4 Å². The zero-order valence-electron chi connectivity index (χ0n) is 11.1. The summed E-state index contributed by atoms with van der Waals surface area (Å²) in [5.41, 5.74) is 0.519. The third-order valence-electron chi connectivity index (χ3n) is 2.90. The molecule has 2 aromatic carbocycles. The zero-order chi connectivity index (χ0) is 15.4. The first kappa shape index (κ1) is 15.1. The van der Waals surface area contributed by atoms with E-state index in [2.05, 4.69) is 5.32 Å². The quantitative estimate of drug-likeness (QED) is 0.883. The van der Waals surface area contributed by atoms with E-state index >= 15 is 0 Å². The van der Waals surface area contributed by atoms with Gasteiger partial charge in [0.05, 0.1) is 7.11 Å². The number of rotatable bonds is 5. The lowest BCUT2D eigenvalue weighted by atomic mass is 10.1. The summed E-state index contributed by atoms with van der Waals surface area (Å²) in [5, 5.41) is 12.3. The predicted molar refractivity (Wildman–Crippen MR) is 78.4 cm³/mol. The SMILES string of the molecule is COc1cccc(NC(C(=O)O)c2ccc(Cl)cc2F)c1. The van der Waals surface area contributed by atoms with Gasteiger partial charge in [-0.05, 0) is 24.3 Å². The first-order chi connectivity index (χ1) is 10.0. The second-order valence-electron chi connectivity index (χ2n) is 4.31. The number of carboxylic acids is 1. The van der Waals surface area contributed by atoms with Gasteiger partial charge in [-0.2, -0.15) is 0 Å². The lowest BCUT2D eigenvalue weighted by Gasteiger charge is -2.17. The van der Waals surface area contributed by atoms with Crippen molar-refractivity contribution in [3.63, 3.8) is 0 Å². The molecule has 0 bridgehead atoms. The fourth-order valence-electron chi connectivity index (χ4n) is 1.89. The minimum absolute atomic E-state index is 0.00900. The number of carboxylic acid groups (broad SMARTS) is 1. The molecule has 4 nitrogen and oxygen atoms in total. The van der Waals surface area contributed by atoms with E-state index in [1.165, 1.54) is 19.2 Å². The van der Waals surface area contributed by atoms with Crippen LogP contribution in [0.1, 0.15) is 11.6 Å². The third kappa shape index (κ3) is 3.64. The Morgan fingerprint density at radius 2 is 2.10 bits per heavy atom. The first-order valence-corrected chi connectivity index (χ1v) is 6.47. The molecular formula is C15H13ClFNO3. The Labute approximate surface area is 126 Å². The number of methoxy groups -OCH3 is 1. The van der Waals surface area contributed by atoms with Crippen molar-refractivity contribution in [1.29, 1.82) is 0 Å². The fraction of sp³-hybridized carbons (Fsp3) is 0.133. The summed E-state index contributed by atoms with van der Waals surface area (Å²) >= 11 is 5.68. The summed E-state index contributed by atoms with van der Waals surface area (Å²) in [6.07, 6.45) is 0. The molecule has 0 saturated heterocycles. The largest absolute Gasteiger partial charge is 0.497 e. The Bertz CT molecular complexity index is 663. The fourth-order valence-corrected chi connectivity index (χ4v) is 2.05. The highest BCUT2D eigenvalue weighted by molar-refractivity contribution is 6.30. The molecule has 0 heterocycles. The van der Waals surface area contributed by atoms with Crippen LogP contribution in [0.5, 0.6) is 5.75 Å². The number of ether oxygens (including phenoxy) is 1. The Morgan fingerprint density at radius 3 is 2.71 bits per heavy atom. The maximum atomic E-state index is 13.9. The van der Waals surface area contributed by atoms with Gasteiger partial charge < -0.3 is 15.2 Å². The van der Waals surface area contributed by atoms with Crippen LogP contribution in [-0.2, 0) is 4.79 Å². The van der Waals surface area contributed by atoms with Gasteiger partial charge in [0.15, 0.2) is 6.04 Å². The van der Waals surface area contributed by atoms with Crippen LogP contribution in [-0.4, -0.2) is 18.2 Å². The predicted octanol–water partition coefficient (Wildman–Crippen LogP) is 3.73. The average Bonchev–Trinajstić information content (AvgIpc) is 2.45. The number of carbonyl (C=O) groups is 1. The van der Waals surface area contributed by atoms with Gasteiger partial charge in [0, 0.05) is 22.3 Å². The molecule has 0 saturated carbocycles. The van der Waals surface area contributed by atoms with Crippen LogP contribution >= 0.6 is 11.6 Å². The lowest BCUT2D eigenvalue weighted by molar-refractivity contribution is -0.138. The van der Waals surface area contributed by atoms with Gasteiger partial charge in [-0.25, -0.2) is 9.18 Å². The van der Waals surface area contributed by atoms with E-state index in [1.54, 1.807) is 24.3 Å². The number of hydrogen-bond acceptors (Lipinski definition) is 3. The van der Waals surface area contributed by atoms with E-state index in [4.69, 9.17) is 16.3 Å². The van der Waals surface area contributed by atoms with Crippen molar-refractivity contribution >= 4 is 23.3 Å². The molecule has 0 aliphatic heterocycles. The Kier molecular flexibility index (Phi) is 4.65. The van der Waals surface area contributed by atoms with Gasteiger partial charge in [0.1, 0.15) is 11.6 Å². The molecule has 0 aliphatic carbocycles. The van der Waals surface area contributed by atoms with Gasteiger partial charge in [0.25, 0.3) is 0 Å². The van der Waals surface area contributed by atoms with Crippen LogP contribution in [0.15, 0.2) is 42.5 Å². The van der Waals surface area contributed by atoms with Crippen molar-refractivity contribution < 1.29 is 19.0 Å². The van der Waals surface area contributed by atoms with E-state index in [0.29, 0.717) is 11.4 Å². The molecule has 0 fully saturated rings. The van der Waals surface area contributed by atoms with Crippen molar-refractivity contribution in [3.8, 4) is 5.75 Å². The molecule has 0 aromatic heterocycles.